The molecule has 0 saturated carbocycles. The minimum Gasteiger partial charge on any atom is -0.127 e. The highest BCUT2D eigenvalue weighted by molar-refractivity contribution is 8.34. The summed E-state index contributed by atoms with van der Waals surface area (Å²) in [5, 5.41) is 0. The van der Waals surface area contributed by atoms with E-state index in [9.17, 15) is 0 Å². The first kappa shape index (κ1) is 12.1. The molecule has 0 amide bonds. The van der Waals surface area contributed by atoms with Crippen LogP contribution >= 0.6 is 48.0 Å². The van der Waals surface area contributed by atoms with E-state index in [-0.39, 0.29) is 0 Å². The molecule has 0 atom stereocenters. The molecule has 0 unspecified atom stereocenters. The smallest absolute Gasteiger partial charge is 0.127 e. The topological polar surface area (TPSA) is 0 Å². The predicted molar refractivity (Wildman–Crippen MR) is 69.7 cm³/mol. The number of thiocarbonyl (C=S) groups is 2. The maximum absolute atomic E-state index is 5.26. The van der Waals surface area contributed by atoms with Gasteiger partial charge in [0.05, 0.1) is 0 Å². The highest BCUT2D eigenvalue weighted by Gasteiger charge is 2.30. The molecule has 0 saturated heterocycles. The molecule has 0 rings (SSSR count). The fraction of sp³-hybridized carbons (Fsp3) is 0.667. The maximum Gasteiger partial charge on any atom is 0.155 e. The second-order valence-electron chi connectivity index (χ2n) is 2.61. The molecular weight excluding hydrogens is 228 g/mol. The lowest BCUT2D eigenvalue weighted by Crippen LogP contribution is -2.41. The molecule has 0 aromatic rings. The molecule has 0 bridgehead atoms. The van der Waals surface area contributed by atoms with Crippen LogP contribution in [0.4, 0.5) is 0 Å². The summed E-state index contributed by atoms with van der Waals surface area (Å²) < 4.78 is 2.22. The Morgan fingerprint density at radius 2 is 1.27 bits per heavy atom. The summed E-state index contributed by atoms with van der Waals surface area (Å²) in [6.07, 6.45) is 4.06. The van der Waals surface area contributed by atoms with Gasteiger partial charge in [0.2, 0.25) is 0 Å². The Balaban J connectivity index is 4.44. The zero-order valence-electron chi connectivity index (χ0n) is 7.13. The summed E-state index contributed by atoms with van der Waals surface area (Å²) in [4.78, 5) is 0. The van der Waals surface area contributed by atoms with E-state index in [1.807, 2.05) is 12.5 Å². The van der Waals surface area contributed by atoms with E-state index in [2.05, 4.69) is 13.1 Å². The van der Waals surface area contributed by atoms with Crippen molar-refractivity contribution in [1.82, 2.24) is 0 Å². The van der Waals surface area contributed by atoms with Gasteiger partial charge in [0.25, 0.3) is 0 Å². The van der Waals surface area contributed by atoms with Crippen molar-refractivity contribution in [2.45, 2.75) is 13.1 Å². The van der Waals surface area contributed by atoms with Gasteiger partial charge in [0.1, 0.15) is 0 Å². The molecule has 5 heteroatoms. The van der Waals surface area contributed by atoms with Gasteiger partial charge in [-0.1, -0.05) is 37.5 Å². The molecule has 0 aromatic heterocycles. The van der Waals surface area contributed by atoms with Crippen LogP contribution in [0.2, 0.25) is 13.1 Å². The van der Waals surface area contributed by atoms with Crippen LogP contribution in [-0.4, -0.2) is 28.2 Å². The first-order valence-corrected chi connectivity index (χ1v) is 9.40. The summed E-state index contributed by atoms with van der Waals surface area (Å²) in [5.41, 5.74) is 0. The van der Waals surface area contributed by atoms with Gasteiger partial charge in [-0.2, -0.15) is 0 Å². The summed E-state index contributed by atoms with van der Waals surface area (Å²) in [7, 11) is -1.52. The number of thioether (sulfide) groups is 2. The van der Waals surface area contributed by atoms with Crippen molar-refractivity contribution in [3.63, 3.8) is 0 Å². The summed E-state index contributed by atoms with van der Waals surface area (Å²) in [6, 6.07) is 0. The lowest BCUT2D eigenvalue weighted by molar-refractivity contribution is 2.02. The molecule has 0 heterocycles. The Hall–Kier alpha value is 1.10. The Morgan fingerprint density at radius 3 is 1.45 bits per heavy atom. The second kappa shape index (κ2) is 4.96. The Bertz CT molecular complexity index is 157. The van der Waals surface area contributed by atoms with Gasteiger partial charge in [-0.15, -0.1) is 23.5 Å². The van der Waals surface area contributed by atoms with Crippen molar-refractivity contribution in [2.75, 3.05) is 12.5 Å². The van der Waals surface area contributed by atoms with Gasteiger partial charge in [0, 0.05) is 7.64 Å². The lowest BCUT2D eigenvalue weighted by atomic mass is 11.7. The van der Waals surface area contributed by atoms with E-state index >= 15 is 0 Å². The van der Waals surface area contributed by atoms with E-state index in [0.29, 0.717) is 0 Å². The monoisotopic (exact) mass is 240 g/mol. The van der Waals surface area contributed by atoms with Crippen LogP contribution in [-0.2, 0) is 0 Å². The fourth-order valence-corrected chi connectivity index (χ4v) is 6.84. The summed E-state index contributed by atoms with van der Waals surface area (Å²) in [5.74, 6) is 0. The second-order valence-corrected chi connectivity index (χ2v) is 11.3. The van der Waals surface area contributed by atoms with Crippen molar-refractivity contribution >= 4 is 63.7 Å². The number of hydrogen-bond donors (Lipinski definition) is 0. The van der Waals surface area contributed by atoms with Crippen LogP contribution in [0.1, 0.15) is 0 Å². The Labute approximate surface area is 88.9 Å². The van der Waals surface area contributed by atoms with E-state index < -0.39 is 8.07 Å². The first-order chi connectivity index (χ1) is 4.96. The number of rotatable bonds is 2. The normalized spacial score (nSPS) is 11.3. The zero-order chi connectivity index (χ0) is 9.07. The molecule has 0 radical (unpaired) electrons. The van der Waals surface area contributed by atoms with Gasteiger partial charge in [-0.25, -0.2) is 0 Å². The van der Waals surface area contributed by atoms with Crippen LogP contribution in [0.15, 0.2) is 0 Å². The molecule has 0 aliphatic carbocycles. The van der Waals surface area contributed by atoms with Crippen molar-refractivity contribution in [3.05, 3.63) is 0 Å². The molecule has 0 N–H and O–H groups in total. The van der Waals surface area contributed by atoms with Crippen LogP contribution in [0.3, 0.4) is 0 Å². The largest absolute Gasteiger partial charge is 0.155 e. The average molecular weight is 241 g/mol. The van der Waals surface area contributed by atoms with Crippen molar-refractivity contribution in [3.8, 4) is 0 Å². The minimum atomic E-state index is -1.52. The maximum atomic E-state index is 5.26. The highest BCUT2D eigenvalue weighted by Crippen LogP contribution is 2.20. The van der Waals surface area contributed by atoms with E-state index in [4.69, 9.17) is 24.4 Å². The highest BCUT2D eigenvalue weighted by atomic mass is 32.2. The zero-order valence-corrected chi connectivity index (χ0v) is 11.4. The molecule has 0 spiro atoms. The van der Waals surface area contributed by atoms with Crippen LogP contribution in [0.5, 0.6) is 0 Å². The average Bonchev–Trinajstić information content (AvgIpc) is 2.01. The van der Waals surface area contributed by atoms with Crippen molar-refractivity contribution in [1.29, 1.82) is 0 Å². The molecule has 0 aliphatic rings. The molecule has 64 valence electrons. The van der Waals surface area contributed by atoms with Gasteiger partial charge >= 0.3 is 0 Å². The summed E-state index contributed by atoms with van der Waals surface area (Å²) in [6.45, 7) is 4.43. The third-order valence-electron chi connectivity index (χ3n) is 1.39. The molecule has 0 aliphatic heterocycles. The van der Waals surface area contributed by atoms with Crippen molar-refractivity contribution < 1.29 is 0 Å². The molecule has 0 fully saturated rings. The van der Waals surface area contributed by atoms with Crippen LogP contribution in [0.25, 0.3) is 0 Å². The van der Waals surface area contributed by atoms with Gasteiger partial charge in [0.15, 0.2) is 8.07 Å². The van der Waals surface area contributed by atoms with E-state index in [1.165, 1.54) is 0 Å². The quantitative estimate of drug-likeness (QED) is 0.537. The standard InChI is InChI=1S/C6H12S4Si/c1-9-5(7)11(3,4)6(8)10-2/h1-4H3. The minimum absolute atomic E-state index is 1.11. The molecular formula is C6H12S4Si. The molecule has 0 nitrogen and oxygen atoms in total. The van der Waals surface area contributed by atoms with E-state index in [1.54, 1.807) is 23.5 Å². The van der Waals surface area contributed by atoms with E-state index in [0.717, 1.165) is 7.64 Å². The summed E-state index contributed by atoms with van der Waals surface area (Å²) >= 11 is 13.9. The Kier molecular flexibility index (Phi) is 5.46. The molecule has 0 aromatic carbocycles. The molecule has 11 heavy (non-hydrogen) atoms. The van der Waals surface area contributed by atoms with Gasteiger partial charge in [-0.3, -0.25) is 0 Å². The van der Waals surface area contributed by atoms with Gasteiger partial charge < -0.3 is 0 Å². The number of hydrogen-bond acceptors (Lipinski definition) is 4. The first-order valence-electron chi connectivity index (χ1n) is 3.13. The van der Waals surface area contributed by atoms with Crippen LogP contribution < -0.4 is 0 Å². The van der Waals surface area contributed by atoms with Crippen molar-refractivity contribution in [2.24, 2.45) is 0 Å². The van der Waals surface area contributed by atoms with Gasteiger partial charge in [-0.05, 0) is 12.5 Å². The predicted octanol–water partition coefficient (Wildman–Crippen LogP) is 3.15. The third-order valence-corrected chi connectivity index (χ3v) is 12.5. The SMILES string of the molecule is CSC(=S)[Si](C)(C)C(=S)SC. The van der Waals surface area contributed by atoms with Crippen LogP contribution in [0, 0.1) is 0 Å². The third kappa shape index (κ3) is 3.14. The fourth-order valence-electron chi connectivity index (χ4n) is 0.594. The Morgan fingerprint density at radius 1 is 1.00 bits per heavy atom. The lowest BCUT2D eigenvalue weighted by Gasteiger charge is -2.21.